The summed E-state index contributed by atoms with van der Waals surface area (Å²) in [5.74, 6) is 0.784. The first-order chi connectivity index (χ1) is 7.36. The van der Waals surface area contributed by atoms with Gasteiger partial charge in [-0.25, -0.2) is 0 Å². The maximum Gasteiger partial charge on any atom is 0.0495 e. The molecule has 15 heavy (non-hydrogen) atoms. The fourth-order valence-electron chi connectivity index (χ4n) is 1.95. The largest absolute Gasteiger partial charge is 0.381 e. The lowest BCUT2D eigenvalue weighted by Gasteiger charge is -2.14. The molecule has 1 N–H and O–H groups in total. The average Bonchev–Trinajstić information content (AvgIpc) is 2.90. The summed E-state index contributed by atoms with van der Waals surface area (Å²) in [6.45, 7) is 5.26. The molecule has 0 bridgehead atoms. The first-order valence-electron chi connectivity index (χ1n) is 5.69. The minimum atomic E-state index is 0.485. The zero-order valence-electron chi connectivity index (χ0n) is 9.24. The van der Waals surface area contributed by atoms with E-state index in [4.69, 9.17) is 4.74 Å². The van der Waals surface area contributed by atoms with E-state index in [1.165, 1.54) is 18.4 Å². The Morgan fingerprint density at radius 3 is 3.27 bits per heavy atom. The van der Waals surface area contributed by atoms with Crippen molar-refractivity contribution in [1.82, 2.24) is 5.32 Å². The van der Waals surface area contributed by atoms with Crippen molar-refractivity contribution in [3.8, 4) is 0 Å². The van der Waals surface area contributed by atoms with E-state index < -0.39 is 0 Å². The van der Waals surface area contributed by atoms with Crippen LogP contribution in [0.5, 0.6) is 0 Å². The van der Waals surface area contributed by atoms with Gasteiger partial charge in [-0.3, -0.25) is 0 Å². The molecule has 0 spiro atoms. The Morgan fingerprint density at radius 2 is 2.60 bits per heavy atom. The maximum atomic E-state index is 5.36. The van der Waals surface area contributed by atoms with E-state index in [1.54, 1.807) is 11.3 Å². The second-order valence-electron chi connectivity index (χ2n) is 4.25. The first kappa shape index (κ1) is 11.1. The van der Waals surface area contributed by atoms with Crippen LogP contribution in [0, 0.1) is 5.92 Å². The van der Waals surface area contributed by atoms with Gasteiger partial charge in [0.25, 0.3) is 0 Å². The molecule has 0 aliphatic carbocycles. The SMILES string of the molecule is CC(NCCC1CCOC1)c1ccsc1. The van der Waals surface area contributed by atoms with E-state index in [0.717, 1.165) is 25.7 Å². The van der Waals surface area contributed by atoms with Gasteiger partial charge in [-0.05, 0) is 54.6 Å². The Hall–Kier alpha value is -0.380. The van der Waals surface area contributed by atoms with Crippen molar-refractivity contribution >= 4 is 11.3 Å². The summed E-state index contributed by atoms with van der Waals surface area (Å²) in [6.07, 6.45) is 2.49. The quantitative estimate of drug-likeness (QED) is 0.832. The first-order valence-corrected chi connectivity index (χ1v) is 6.64. The molecule has 0 saturated carbocycles. The summed E-state index contributed by atoms with van der Waals surface area (Å²) >= 11 is 1.77. The van der Waals surface area contributed by atoms with Crippen molar-refractivity contribution in [2.45, 2.75) is 25.8 Å². The molecule has 2 nitrogen and oxygen atoms in total. The van der Waals surface area contributed by atoms with Gasteiger partial charge in [-0.15, -0.1) is 0 Å². The number of thiophene rings is 1. The predicted octanol–water partition coefficient (Wildman–Crippen LogP) is 2.83. The molecule has 1 aliphatic heterocycles. The highest BCUT2D eigenvalue weighted by atomic mass is 32.1. The van der Waals surface area contributed by atoms with Gasteiger partial charge in [0.15, 0.2) is 0 Å². The molecule has 2 atom stereocenters. The van der Waals surface area contributed by atoms with Crippen LogP contribution >= 0.6 is 11.3 Å². The third-order valence-corrected chi connectivity index (χ3v) is 3.77. The van der Waals surface area contributed by atoms with Gasteiger partial charge in [0.05, 0.1) is 0 Å². The Kier molecular flexibility index (Phi) is 4.18. The summed E-state index contributed by atoms with van der Waals surface area (Å²) in [5, 5.41) is 7.92. The molecule has 84 valence electrons. The summed E-state index contributed by atoms with van der Waals surface area (Å²) in [5.41, 5.74) is 1.41. The van der Waals surface area contributed by atoms with Crippen molar-refractivity contribution in [2.24, 2.45) is 5.92 Å². The second-order valence-corrected chi connectivity index (χ2v) is 5.03. The van der Waals surface area contributed by atoms with Crippen molar-refractivity contribution in [3.63, 3.8) is 0 Å². The molecule has 0 radical (unpaired) electrons. The lowest BCUT2D eigenvalue weighted by atomic mass is 10.0. The van der Waals surface area contributed by atoms with Gasteiger partial charge in [0.1, 0.15) is 0 Å². The van der Waals surface area contributed by atoms with Gasteiger partial charge in [0, 0.05) is 19.3 Å². The van der Waals surface area contributed by atoms with E-state index in [9.17, 15) is 0 Å². The summed E-state index contributed by atoms with van der Waals surface area (Å²) < 4.78 is 5.36. The number of hydrogen-bond donors (Lipinski definition) is 1. The number of hydrogen-bond acceptors (Lipinski definition) is 3. The topological polar surface area (TPSA) is 21.3 Å². The van der Waals surface area contributed by atoms with Gasteiger partial charge in [-0.2, -0.15) is 11.3 Å². The molecule has 1 fully saturated rings. The summed E-state index contributed by atoms with van der Waals surface area (Å²) in [4.78, 5) is 0. The van der Waals surface area contributed by atoms with Crippen LogP contribution < -0.4 is 5.32 Å². The van der Waals surface area contributed by atoms with Crippen LogP contribution in [0.1, 0.15) is 31.4 Å². The van der Waals surface area contributed by atoms with Crippen LogP contribution in [-0.4, -0.2) is 19.8 Å². The molecular formula is C12H19NOS. The Balaban J connectivity index is 1.65. The van der Waals surface area contributed by atoms with Crippen LogP contribution in [-0.2, 0) is 4.74 Å². The Morgan fingerprint density at radius 1 is 1.67 bits per heavy atom. The van der Waals surface area contributed by atoms with Crippen LogP contribution in [0.2, 0.25) is 0 Å². The molecule has 0 amide bonds. The lowest BCUT2D eigenvalue weighted by molar-refractivity contribution is 0.184. The van der Waals surface area contributed by atoms with Gasteiger partial charge in [-0.1, -0.05) is 0 Å². The normalized spacial score (nSPS) is 23.1. The highest BCUT2D eigenvalue weighted by Crippen LogP contribution is 2.18. The Labute approximate surface area is 95.6 Å². The molecule has 2 heterocycles. The molecule has 2 rings (SSSR count). The number of nitrogens with one attached hydrogen (secondary N) is 1. The molecule has 1 saturated heterocycles. The van der Waals surface area contributed by atoms with E-state index in [0.29, 0.717) is 6.04 Å². The Bertz CT molecular complexity index is 267. The monoisotopic (exact) mass is 225 g/mol. The van der Waals surface area contributed by atoms with Crippen molar-refractivity contribution < 1.29 is 4.74 Å². The zero-order valence-corrected chi connectivity index (χ0v) is 10.1. The highest BCUT2D eigenvalue weighted by molar-refractivity contribution is 7.07. The third-order valence-electron chi connectivity index (χ3n) is 3.07. The molecule has 1 aliphatic rings. The maximum absolute atomic E-state index is 5.36. The third kappa shape index (κ3) is 3.30. The smallest absolute Gasteiger partial charge is 0.0495 e. The van der Waals surface area contributed by atoms with Crippen molar-refractivity contribution in [1.29, 1.82) is 0 Å². The van der Waals surface area contributed by atoms with Crippen LogP contribution in [0.4, 0.5) is 0 Å². The van der Waals surface area contributed by atoms with E-state index >= 15 is 0 Å². The van der Waals surface area contributed by atoms with Crippen LogP contribution in [0.3, 0.4) is 0 Å². The fourth-order valence-corrected chi connectivity index (χ4v) is 2.71. The summed E-state index contributed by atoms with van der Waals surface area (Å²) in [7, 11) is 0. The average molecular weight is 225 g/mol. The summed E-state index contributed by atoms with van der Waals surface area (Å²) in [6, 6.07) is 2.68. The van der Waals surface area contributed by atoms with E-state index in [1.807, 2.05) is 0 Å². The minimum Gasteiger partial charge on any atom is -0.381 e. The molecule has 1 aromatic heterocycles. The van der Waals surface area contributed by atoms with E-state index in [-0.39, 0.29) is 0 Å². The molecular weight excluding hydrogens is 206 g/mol. The highest BCUT2D eigenvalue weighted by Gasteiger charge is 2.15. The fraction of sp³-hybridized carbons (Fsp3) is 0.667. The van der Waals surface area contributed by atoms with Crippen molar-refractivity contribution in [2.75, 3.05) is 19.8 Å². The van der Waals surface area contributed by atoms with E-state index in [2.05, 4.69) is 29.1 Å². The predicted molar refractivity (Wildman–Crippen MR) is 64.3 cm³/mol. The lowest BCUT2D eigenvalue weighted by Crippen LogP contribution is -2.21. The van der Waals surface area contributed by atoms with Gasteiger partial charge < -0.3 is 10.1 Å². The molecule has 3 heteroatoms. The van der Waals surface area contributed by atoms with Crippen LogP contribution in [0.15, 0.2) is 16.8 Å². The van der Waals surface area contributed by atoms with Gasteiger partial charge in [0.2, 0.25) is 0 Å². The second kappa shape index (κ2) is 5.64. The molecule has 1 aromatic rings. The minimum absolute atomic E-state index is 0.485. The van der Waals surface area contributed by atoms with Crippen LogP contribution in [0.25, 0.3) is 0 Å². The molecule has 2 unspecified atom stereocenters. The van der Waals surface area contributed by atoms with Crippen molar-refractivity contribution in [3.05, 3.63) is 22.4 Å². The number of rotatable bonds is 5. The zero-order chi connectivity index (χ0) is 10.5. The molecule has 0 aromatic carbocycles. The number of ether oxygens (including phenoxy) is 1. The standard InChI is InChI=1S/C12H19NOS/c1-10(12-4-7-15-9-12)13-5-2-11-3-6-14-8-11/h4,7,9-11,13H,2-3,5-6,8H2,1H3. The van der Waals surface area contributed by atoms with Gasteiger partial charge >= 0.3 is 0 Å².